The van der Waals surface area contributed by atoms with Crippen LogP contribution < -0.4 is 5.73 Å². The molecule has 2 aromatic rings. The van der Waals surface area contributed by atoms with Crippen LogP contribution in [0.2, 0.25) is 0 Å². The highest BCUT2D eigenvalue weighted by Gasteiger charge is 2.32. The van der Waals surface area contributed by atoms with Gasteiger partial charge in [0.2, 0.25) is 0 Å². The molecule has 2 N–H and O–H groups in total. The molecule has 0 saturated carbocycles. The van der Waals surface area contributed by atoms with Gasteiger partial charge in [0.25, 0.3) is 5.91 Å². The van der Waals surface area contributed by atoms with Crippen molar-refractivity contribution in [1.82, 2.24) is 14.7 Å². The van der Waals surface area contributed by atoms with E-state index in [0.717, 1.165) is 23.1 Å². The Labute approximate surface area is 150 Å². The first-order valence-electron chi connectivity index (χ1n) is 7.40. The van der Waals surface area contributed by atoms with E-state index in [4.69, 9.17) is 5.73 Å². The maximum atomic E-state index is 12.7. The number of halogens is 2. The molecule has 1 aliphatic heterocycles. The Hall–Kier alpha value is -1.37. The largest absolute Gasteiger partial charge is 0.336 e. The molecular formula is C16H20BrClN4O. The summed E-state index contributed by atoms with van der Waals surface area (Å²) in [5.74, 6) is 0.434. The number of likely N-dealkylation sites (tertiary alicyclic amines) is 1. The Bertz CT molecular complexity index is 690. The second-order valence-corrected chi connectivity index (χ2v) is 6.71. The quantitative estimate of drug-likeness (QED) is 0.863. The van der Waals surface area contributed by atoms with Crippen molar-refractivity contribution >= 4 is 34.2 Å². The van der Waals surface area contributed by atoms with Crippen molar-refractivity contribution in [3.05, 3.63) is 46.7 Å². The maximum absolute atomic E-state index is 12.7. The molecule has 2 unspecified atom stereocenters. The summed E-state index contributed by atoms with van der Waals surface area (Å²) in [4.78, 5) is 14.6. The van der Waals surface area contributed by atoms with Gasteiger partial charge in [0.15, 0.2) is 0 Å². The zero-order valence-electron chi connectivity index (χ0n) is 12.9. The summed E-state index contributed by atoms with van der Waals surface area (Å²) >= 11 is 3.44. The third-order valence-corrected chi connectivity index (χ3v) is 4.65. The molecule has 2 atom stereocenters. The van der Waals surface area contributed by atoms with Crippen molar-refractivity contribution in [3.63, 3.8) is 0 Å². The van der Waals surface area contributed by atoms with Gasteiger partial charge in [-0.25, -0.2) is 4.68 Å². The summed E-state index contributed by atoms with van der Waals surface area (Å²) in [6.45, 7) is 3.44. The molecule has 3 rings (SSSR count). The number of benzene rings is 1. The van der Waals surface area contributed by atoms with E-state index in [1.54, 1.807) is 17.1 Å². The summed E-state index contributed by atoms with van der Waals surface area (Å²) in [5, 5.41) is 4.31. The van der Waals surface area contributed by atoms with Crippen LogP contribution in [0.15, 0.2) is 41.1 Å². The Balaban J connectivity index is 0.00000192. The van der Waals surface area contributed by atoms with Crippen LogP contribution in [0.5, 0.6) is 0 Å². The van der Waals surface area contributed by atoms with Crippen molar-refractivity contribution in [2.45, 2.75) is 19.4 Å². The topological polar surface area (TPSA) is 64.2 Å². The summed E-state index contributed by atoms with van der Waals surface area (Å²) in [6, 6.07) is 8.05. The predicted molar refractivity (Wildman–Crippen MR) is 96.2 cm³/mol. The van der Waals surface area contributed by atoms with Crippen LogP contribution >= 0.6 is 28.3 Å². The number of nitrogens with zero attached hydrogens (tertiary/aromatic N) is 3. The maximum Gasteiger partial charge on any atom is 0.257 e. The first kappa shape index (κ1) is 18.0. The van der Waals surface area contributed by atoms with Gasteiger partial charge in [0.05, 0.1) is 17.4 Å². The third-order valence-electron chi connectivity index (χ3n) is 4.16. The third kappa shape index (κ3) is 3.76. The molecule has 0 radical (unpaired) electrons. The number of aromatic nitrogens is 2. The molecule has 7 heteroatoms. The minimum absolute atomic E-state index is 0. The monoisotopic (exact) mass is 398 g/mol. The first-order chi connectivity index (χ1) is 10.6. The number of amides is 1. The van der Waals surface area contributed by atoms with Crippen LogP contribution in [0.25, 0.3) is 5.69 Å². The lowest BCUT2D eigenvalue weighted by Crippen LogP contribution is -2.34. The number of carbonyl (C=O) groups excluding carboxylic acids is 1. The molecule has 1 saturated heterocycles. The van der Waals surface area contributed by atoms with E-state index >= 15 is 0 Å². The molecule has 1 amide bonds. The van der Waals surface area contributed by atoms with Crippen LogP contribution in [0.4, 0.5) is 0 Å². The van der Waals surface area contributed by atoms with Gasteiger partial charge < -0.3 is 10.6 Å². The highest BCUT2D eigenvalue weighted by molar-refractivity contribution is 9.10. The van der Waals surface area contributed by atoms with Gasteiger partial charge in [0, 0.05) is 23.3 Å². The van der Waals surface area contributed by atoms with Crippen molar-refractivity contribution in [2.75, 3.05) is 13.1 Å². The molecule has 0 aliphatic carbocycles. The molecule has 2 heterocycles. The van der Waals surface area contributed by atoms with Crippen LogP contribution in [0, 0.1) is 5.92 Å². The summed E-state index contributed by atoms with van der Waals surface area (Å²) < 4.78 is 2.70. The highest BCUT2D eigenvalue weighted by Crippen LogP contribution is 2.24. The molecule has 124 valence electrons. The Morgan fingerprint density at radius 3 is 2.91 bits per heavy atom. The summed E-state index contributed by atoms with van der Waals surface area (Å²) in [7, 11) is 0. The molecule has 0 bridgehead atoms. The zero-order valence-corrected chi connectivity index (χ0v) is 15.3. The predicted octanol–water partition coefficient (Wildman–Crippen LogP) is 2.87. The Morgan fingerprint density at radius 1 is 1.48 bits per heavy atom. The van der Waals surface area contributed by atoms with E-state index in [-0.39, 0.29) is 24.4 Å². The van der Waals surface area contributed by atoms with E-state index in [9.17, 15) is 4.79 Å². The van der Waals surface area contributed by atoms with Gasteiger partial charge >= 0.3 is 0 Å². The molecule has 1 aromatic carbocycles. The standard InChI is InChI=1S/C16H19BrN4O.ClH/c1-11-5-12(7-18)9-20(11)16(22)13-8-19-21(10-13)15-4-2-3-14(17)6-15;/h2-4,6,8,10-12H,5,7,9,18H2,1H3;1H. The fourth-order valence-electron chi connectivity index (χ4n) is 2.96. The summed E-state index contributed by atoms with van der Waals surface area (Å²) in [6.07, 6.45) is 4.39. The first-order valence-corrected chi connectivity index (χ1v) is 8.19. The average molecular weight is 400 g/mol. The Morgan fingerprint density at radius 2 is 2.26 bits per heavy atom. The van der Waals surface area contributed by atoms with Crippen LogP contribution in [-0.2, 0) is 0 Å². The van der Waals surface area contributed by atoms with E-state index < -0.39 is 0 Å². The molecule has 1 aromatic heterocycles. The van der Waals surface area contributed by atoms with Crippen LogP contribution in [0.1, 0.15) is 23.7 Å². The van der Waals surface area contributed by atoms with E-state index in [1.807, 2.05) is 29.2 Å². The molecule has 1 aliphatic rings. The number of hydrogen-bond donors (Lipinski definition) is 1. The summed E-state index contributed by atoms with van der Waals surface area (Å²) in [5.41, 5.74) is 7.27. The number of nitrogens with two attached hydrogens (primary N) is 1. The van der Waals surface area contributed by atoms with E-state index in [0.29, 0.717) is 18.0 Å². The molecular weight excluding hydrogens is 380 g/mol. The Kier molecular flexibility index (Phi) is 5.84. The van der Waals surface area contributed by atoms with Gasteiger partial charge in [-0.1, -0.05) is 22.0 Å². The normalized spacial score (nSPS) is 20.4. The average Bonchev–Trinajstić information content (AvgIpc) is 3.13. The fraction of sp³-hybridized carbons (Fsp3) is 0.375. The van der Waals surface area contributed by atoms with Crippen molar-refractivity contribution in [3.8, 4) is 5.69 Å². The number of hydrogen-bond acceptors (Lipinski definition) is 3. The lowest BCUT2D eigenvalue weighted by molar-refractivity contribution is 0.0743. The second-order valence-electron chi connectivity index (χ2n) is 5.80. The van der Waals surface area contributed by atoms with Crippen molar-refractivity contribution in [2.24, 2.45) is 11.7 Å². The molecule has 5 nitrogen and oxygen atoms in total. The van der Waals surface area contributed by atoms with Crippen LogP contribution in [0.3, 0.4) is 0 Å². The van der Waals surface area contributed by atoms with Crippen molar-refractivity contribution in [1.29, 1.82) is 0 Å². The van der Waals surface area contributed by atoms with E-state index in [2.05, 4.69) is 28.0 Å². The minimum Gasteiger partial charge on any atom is -0.336 e. The fourth-order valence-corrected chi connectivity index (χ4v) is 3.34. The minimum atomic E-state index is 0. The van der Waals surface area contributed by atoms with E-state index in [1.165, 1.54) is 0 Å². The SMILES string of the molecule is CC1CC(CN)CN1C(=O)c1cnn(-c2cccc(Br)c2)c1.Cl. The number of carbonyl (C=O) groups is 1. The van der Waals surface area contributed by atoms with Gasteiger partial charge in [0.1, 0.15) is 0 Å². The molecule has 1 fully saturated rings. The van der Waals surface area contributed by atoms with Crippen molar-refractivity contribution < 1.29 is 4.79 Å². The molecule has 23 heavy (non-hydrogen) atoms. The van der Waals surface area contributed by atoms with Gasteiger partial charge in [-0.2, -0.15) is 5.10 Å². The zero-order chi connectivity index (χ0) is 15.7. The smallest absolute Gasteiger partial charge is 0.257 e. The van der Waals surface area contributed by atoms with Gasteiger partial charge in [-0.05, 0) is 44.0 Å². The van der Waals surface area contributed by atoms with Gasteiger partial charge in [-0.15, -0.1) is 12.4 Å². The van der Waals surface area contributed by atoms with Gasteiger partial charge in [-0.3, -0.25) is 4.79 Å². The number of rotatable bonds is 3. The lowest BCUT2D eigenvalue weighted by atomic mass is 10.1. The molecule has 0 spiro atoms. The highest BCUT2D eigenvalue weighted by atomic mass is 79.9. The second kappa shape index (κ2) is 7.47. The lowest BCUT2D eigenvalue weighted by Gasteiger charge is -2.20. The van der Waals surface area contributed by atoms with Crippen LogP contribution in [-0.4, -0.2) is 39.7 Å².